The SMILES string of the molecule is CC(C)C(=O)NCC1CCCN(c2ccc3nnc(C4CC4)n3n2)C1. The summed E-state index contributed by atoms with van der Waals surface area (Å²) in [6.07, 6.45) is 4.65. The maximum atomic E-state index is 11.8. The third kappa shape index (κ3) is 3.45. The summed E-state index contributed by atoms with van der Waals surface area (Å²) in [5.74, 6) is 3.15. The van der Waals surface area contributed by atoms with Gasteiger partial charge in [-0.3, -0.25) is 4.79 Å². The van der Waals surface area contributed by atoms with E-state index in [-0.39, 0.29) is 11.8 Å². The van der Waals surface area contributed by atoms with Crippen LogP contribution >= 0.6 is 0 Å². The smallest absolute Gasteiger partial charge is 0.222 e. The molecule has 1 aliphatic carbocycles. The second-order valence-electron chi connectivity index (χ2n) is 7.65. The van der Waals surface area contributed by atoms with Crippen molar-refractivity contribution in [1.29, 1.82) is 0 Å². The van der Waals surface area contributed by atoms with Crippen LogP contribution in [0.5, 0.6) is 0 Å². The maximum Gasteiger partial charge on any atom is 0.222 e. The van der Waals surface area contributed by atoms with Gasteiger partial charge in [0.2, 0.25) is 5.91 Å². The Balaban J connectivity index is 1.46. The summed E-state index contributed by atoms with van der Waals surface area (Å²) in [6, 6.07) is 4.04. The molecule has 7 nitrogen and oxygen atoms in total. The Kier molecular flexibility index (Phi) is 4.31. The zero-order valence-corrected chi connectivity index (χ0v) is 15.0. The normalized spacial score (nSPS) is 21.1. The highest BCUT2D eigenvalue weighted by molar-refractivity contribution is 5.77. The number of amides is 1. The third-order valence-corrected chi connectivity index (χ3v) is 5.15. The molecule has 7 heteroatoms. The molecule has 1 unspecified atom stereocenters. The van der Waals surface area contributed by atoms with Crippen molar-refractivity contribution < 1.29 is 4.79 Å². The number of hydrogen-bond acceptors (Lipinski definition) is 5. The summed E-state index contributed by atoms with van der Waals surface area (Å²) in [5.41, 5.74) is 0.823. The number of anilines is 1. The maximum absolute atomic E-state index is 11.8. The van der Waals surface area contributed by atoms with Gasteiger partial charge in [-0.25, -0.2) is 0 Å². The number of nitrogens with one attached hydrogen (secondary N) is 1. The molecule has 3 heterocycles. The Hall–Kier alpha value is -2.18. The molecular formula is C18H26N6O. The van der Waals surface area contributed by atoms with Crippen molar-refractivity contribution in [3.63, 3.8) is 0 Å². The average Bonchev–Trinajstić information content (AvgIpc) is 3.38. The van der Waals surface area contributed by atoms with Gasteiger partial charge in [0, 0.05) is 31.5 Å². The zero-order valence-electron chi connectivity index (χ0n) is 15.0. The van der Waals surface area contributed by atoms with Crippen LogP contribution in [0.2, 0.25) is 0 Å². The first-order valence-corrected chi connectivity index (χ1v) is 9.37. The predicted molar refractivity (Wildman–Crippen MR) is 95.5 cm³/mol. The highest BCUT2D eigenvalue weighted by Gasteiger charge is 2.30. The van der Waals surface area contributed by atoms with Gasteiger partial charge in [0.05, 0.1) is 0 Å². The van der Waals surface area contributed by atoms with E-state index in [0.29, 0.717) is 11.8 Å². The molecule has 0 aromatic carbocycles. The van der Waals surface area contributed by atoms with Gasteiger partial charge in [-0.15, -0.1) is 15.3 Å². The molecule has 1 saturated heterocycles. The Bertz CT molecular complexity index is 766. The van der Waals surface area contributed by atoms with Crippen LogP contribution in [0.4, 0.5) is 5.82 Å². The lowest BCUT2D eigenvalue weighted by Gasteiger charge is -2.33. The van der Waals surface area contributed by atoms with Crippen molar-refractivity contribution in [2.45, 2.75) is 45.4 Å². The van der Waals surface area contributed by atoms with Crippen LogP contribution in [0.3, 0.4) is 0 Å². The summed E-state index contributed by atoms with van der Waals surface area (Å²) in [4.78, 5) is 14.1. The number of aromatic nitrogens is 4. The summed E-state index contributed by atoms with van der Waals surface area (Å²) in [5, 5.41) is 16.4. The fourth-order valence-corrected chi connectivity index (χ4v) is 3.45. The summed E-state index contributed by atoms with van der Waals surface area (Å²) in [6.45, 7) is 6.54. The molecule has 1 N–H and O–H groups in total. The minimum Gasteiger partial charge on any atom is -0.356 e. The number of piperidine rings is 1. The van der Waals surface area contributed by atoms with Gasteiger partial charge in [0.25, 0.3) is 0 Å². The lowest BCUT2D eigenvalue weighted by Crippen LogP contribution is -2.42. The van der Waals surface area contributed by atoms with Crippen LogP contribution in [0.1, 0.15) is 51.3 Å². The van der Waals surface area contributed by atoms with E-state index in [9.17, 15) is 4.79 Å². The molecule has 1 aliphatic heterocycles. The van der Waals surface area contributed by atoms with E-state index in [4.69, 9.17) is 5.10 Å². The van der Waals surface area contributed by atoms with Gasteiger partial charge in [-0.2, -0.15) is 4.52 Å². The molecule has 2 fully saturated rings. The lowest BCUT2D eigenvalue weighted by molar-refractivity contribution is -0.124. The van der Waals surface area contributed by atoms with Gasteiger partial charge in [-0.05, 0) is 43.7 Å². The molecule has 4 rings (SSSR count). The van der Waals surface area contributed by atoms with E-state index < -0.39 is 0 Å². The first-order valence-electron chi connectivity index (χ1n) is 9.37. The fraction of sp³-hybridized carbons (Fsp3) is 0.667. The van der Waals surface area contributed by atoms with E-state index >= 15 is 0 Å². The highest BCUT2D eigenvalue weighted by atomic mass is 16.1. The van der Waals surface area contributed by atoms with E-state index in [1.54, 1.807) is 0 Å². The topological polar surface area (TPSA) is 75.4 Å². The lowest BCUT2D eigenvalue weighted by atomic mass is 9.97. The fourth-order valence-electron chi connectivity index (χ4n) is 3.45. The quantitative estimate of drug-likeness (QED) is 0.899. The Morgan fingerprint density at radius 1 is 1.28 bits per heavy atom. The molecule has 2 aromatic heterocycles. The van der Waals surface area contributed by atoms with Gasteiger partial charge in [0.1, 0.15) is 5.82 Å². The minimum absolute atomic E-state index is 0.0401. The largest absolute Gasteiger partial charge is 0.356 e. The second kappa shape index (κ2) is 6.61. The monoisotopic (exact) mass is 342 g/mol. The molecule has 25 heavy (non-hydrogen) atoms. The number of rotatable bonds is 5. The van der Waals surface area contributed by atoms with Gasteiger partial charge < -0.3 is 10.2 Å². The number of carbonyl (C=O) groups excluding carboxylic acids is 1. The number of hydrogen-bond donors (Lipinski definition) is 1. The summed E-state index contributed by atoms with van der Waals surface area (Å²) < 4.78 is 1.91. The van der Waals surface area contributed by atoms with Gasteiger partial charge in [0.15, 0.2) is 11.5 Å². The van der Waals surface area contributed by atoms with Crippen LogP contribution in [0.25, 0.3) is 5.65 Å². The predicted octanol–water partition coefficient (Wildman–Crippen LogP) is 1.99. The third-order valence-electron chi connectivity index (χ3n) is 5.15. The Morgan fingerprint density at radius 3 is 2.88 bits per heavy atom. The van der Waals surface area contributed by atoms with E-state index in [1.165, 1.54) is 12.8 Å². The second-order valence-corrected chi connectivity index (χ2v) is 7.65. The van der Waals surface area contributed by atoms with Crippen molar-refractivity contribution in [2.75, 3.05) is 24.5 Å². The first kappa shape index (κ1) is 16.3. The van der Waals surface area contributed by atoms with Crippen molar-refractivity contribution in [3.8, 4) is 0 Å². The molecule has 1 atom stereocenters. The summed E-state index contributed by atoms with van der Waals surface area (Å²) in [7, 11) is 0. The molecule has 134 valence electrons. The van der Waals surface area contributed by atoms with Gasteiger partial charge in [-0.1, -0.05) is 13.8 Å². The number of carbonyl (C=O) groups is 1. The molecule has 0 radical (unpaired) electrons. The van der Waals surface area contributed by atoms with Crippen molar-refractivity contribution in [1.82, 2.24) is 25.1 Å². The molecular weight excluding hydrogens is 316 g/mol. The van der Waals surface area contributed by atoms with Crippen molar-refractivity contribution in [2.24, 2.45) is 11.8 Å². The molecule has 1 amide bonds. The minimum atomic E-state index is 0.0401. The molecule has 2 aliphatic rings. The van der Waals surface area contributed by atoms with Crippen molar-refractivity contribution >= 4 is 17.4 Å². The molecule has 0 bridgehead atoms. The zero-order chi connectivity index (χ0) is 17.4. The molecule has 1 saturated carbocycles. The average molecular weight is 342 g/mol. The number of fused-ring (bicyclic) bond motifs is 1. The Labute approximate surface area is 147 Å². The standard InChI is InChI=1S/C18H26N6O/c1-12(2)18(25)19-10-13-4-3-9-23(11-13)16-8-7-15-20-21-17(14-5-6-14)24(15)22-16/h7-8,12-14H,3-6,9-11H2,1-2H3,(H,19,25). The summed E-state index contributed by atoms with van der Waals surface area (Å²) >= 11 is 0. The van der Waals surface area contributed by atoms with Crippen LogP contribution in [-0.2, 0) is 4.79 Å². The number of nitrogens with zero attached hydrogens (tertiary/aromatic N) is 5. The van der Waals surface area contributed by atoms with E-state index in [1.807, 2.05) is 30.5 Å². The Morgan fingerprint density at radius 2 is 2.12 bits per heavy atom. The van der Waals surface area contributed by atoms with Crippen LogP contribution in [0.15, 0.2) is 12.1 Å². The molecule has 2 aromatic rings. The van der Waals surface area contributed by atoms with Gasteiger partial charge >= 0.3 is 0 Å². The van der Waals surface area contributed by atoms with Crippen LogP contribution < -0.4 is 10.2 Å². The highest BCUT2D eigenvalue weighted by Crippen LogP contribution is 2.38. The van der Waals surface area contributed by atoms with Crippen molar-refractivity contribution in [3.05, 3.63) is 18.0 Å². The van der Waals surface area contributed by atoms with Crippen LogP contribution in [-0.4, -0.2) is 45.4 Å². The molecule has 0 spiro atoms. The van der Waals surface area contributed by atoms with E-state index in [0.717, 1.165) is 49.8 Å². The van der Waals surface area contributed by atoms with Crippen LogP contribution in [0, 0.1) is 11.8 Å². The first-order chi connectivity index (χ1) is 12.1. The van der Waals surface area contributed by atoms with E-state index in [2.05, 4.69) is 20.4 Å².